The minimum absolute atomic E-state index is 0.359. The summed E-state index contributed by atoms with van der Waals surface area (Å²) in [5.74, 6) is 0.359. The average Bonchev–Trinajstić information content (AvgIpc) is 2.76. The first kappa shape index (κ1) is 12.4. The van der Waals surface area contributed by atoms with Crippen LogP contribution in [0.5, 0.6) is 0 Å². The molecule has 0 amide bonds. The number of nitrogens with one attached hydrogen (secondary N) is 1. The third-order valence-corrected chi connectivity index (χ3v) is 2.50. The second-order valence-corrected chi connectivity index (χ2v) is 3.59. The monoisotopic (exact) mass is 221 g/mol. The van der Waals surface area contributed by atoms with Crippen LogP contribution >= 0.6 is 0 Å². The maximum absolute atomic E-state index is 4.30. The molecule has 0 spiro atoms. The molecule has 0 aromatic heterocycles. The fourth-order valence-corrected chi connectivity index (χ4v) is 1.66. The molecule has 0 bridgehead atoms. The van der Waals surface area contributed by atoms with E-state index in [2.05, 4.69) is 46.1 Å². The molecule has 0 saturated carbocycles. The molecule has 1 unspecified atom stereocenters. The Hall–Kier alpha value is -1.65. The highest BCUT2D eigenvalue weighted by Gasteiger charge is 2.23. The van der Waals surface area contributed by atoms with E-state index in [0.717, 1.165) is 13.0 Å². The number of hydrogen-bond acceptors (Lipinski definition) is 4. The quantitative estimate of drug-likeness (QED) is 0.419. The molecule has 5 nitrogen and oxygen atoms in total. The van der Waals surface area contributed by atoms with Gasteiger partial charge in [0.2, 0.25) is 0 Å². The number of rotatable bonds is 6. The predicted octanol–water partition coefficient (Wildman–Crippen LogP) is 1.45. The Kier molecular flexibility index (Phi) is 5.25. The minimum atomic E-state index is 0.359. The van der Waals surface area contributed by atoms with Gasteiger partial charge in [-0.15, -0.1) is 0 Å². The van der Waals surface area contributed by atoms with Crippen molar-refractivity contribution in [2.45, 2.75) is 26.3 Å². The van der Waals surface area contributed by atoms with Crippen LogP contribution < -0.4 is 5.43 Å². The van der Waals surface area contributed by atoms with E-state index in [4.69, 9.17) is 0 Å². The van der Waals surface area contributed by atoms with Gasteiger partial charge < -0.3 is 0 Å². The maximum atomic E-state index is 4.30. The molecule has 0 saturated heterocycles. The molecule has 88 valence electrons. The predicted molar refractivity (Wildman–Crippen MR) is 68.8 cm³/mol. The third kappa shape index (κ3) is 3.49. The molecule has 0 aromatic rings. The van der Waals surface area contributed by atoms with Crippen LogP contribution in [-0.4, -0.2) is 36.4 Å². The Morgan fingerprint density at radius 2 is 2.56 bits per heavy atom. The third-order valence-electron chi connectivity index (χ3n) is 2.50. The van der Waals surface area contributed by atoms with Crippen LogP contribution in [0.4, 0.5) is 0 Å². The maximum Gasteiger partial charge on any atom is 0.135 e. The Morgan fingerprint density at radius 1 is 1.75 bits per heavy atom. The van der Waals surface area contributed by atoms with Gasteiger partial charge in [-0.3, -0.25) is 10.4 Å². The normalized spacial score (nSPS) is 22.1. The molecule has 1 heterocycles. The van der Waals surface area contributed by atoms with Crippen molar-refractivity contribution in [3.05, 3.63) is 12.8 Å². The lowest BCUT2D eigenvalue weighted by atomic mass is 10.0. The molecule has 2 atom stereocenters. The Bertz CT molecular complexity index is 295. The van der Waals surface area contributed by atoms with Gasteiger partial charge in [-0.2, -0.15) is 10.2 Å². The highest BCUT2D eigenvalue weighted by atomic mass is 15.5. The van der Waals surface area contributed by atoms with Crippen LogP contribution in [0.1, 0.15) is 20.3 Å². The largest absolute Gasteiger partial charge is 0.294 e. The summed E-state index contributed by atoms with van der Waals surface area (Å²) in [4.78, 5) is 4.11. The zero-order valence-corrected chi connectivity index (χ0v) is 9.87. The van der Waals surface area contributed by atoms with Crippen LogP contribution in [0.25, 0.3) is 0 Å². The van der Waals surface area contributed by atoms with Gasteiger partial charge in [0.05, 0.1) is 6.04 Å². The second-order valence-electron chi connectivity index (χ2n) is 3.59. The summed E-state index contributed by atoms with van der Waals surface area (Å²) in [6.07, 6.45) is 7.83. The van der Waals surface area contributed by atoms with Crippen molar-refractivity contribution in [3.8, 4) is 0 Å². The lowest BCUT2D eigenvalue weighted by Gasteiger charge is -2.25. The molecule has 0 fully saturated rings. The smallest absolute Gasteiger partial charge is 0.135 e. The van der Waals surface area contributed by atoms with Gasteiger partial charge in [0, 0.05) is 37.5 Å². The van der Waals surface area contributed by atoms with Crippen molar-refractivity contribution in [2.24, 2.45) is 21.1 Å². The number of hydrazone groups is 2. The number of aliphatic imine (C=N–C) groups is 1. The zero-order valence-electron chi connectivity index (χ0n) is 9.87. The van der Waals surface area contributed by atoms with Gasteiger partial charge in [0.1, 0.15) is 6.34 Å². The number of hydrogen-bond donors (Lipinski definition) is 1. The molecule has 1 N–H and O–H groups in total. The van der Waals surface area contributed by atoms with E-state index in [1.165, 1.54) is 12.5 Å². The minimum Gasteiger partial charge on any atom is -0.294 e. The van der Waals surface area contributed by atoms with E-state index in [1.807, 2.05) is 12.4 Å². The van der Waals surface area contributed by atoms with E-state index in [0.29, 0.717) is 12.0 Å². The highest BCUT2D eigenvalue weighted by Crippen LogP contribution is 2.17. The fourth-order valence-electron chi connectivity index (χ4n) is 1.66. The summed E-state index contributed by atoms with van der Waals surface area (Å²) >= 11 is 0. The molecule has 5 heteroatoms. The van der Waals surface area contributed by atoms with E-state index in [9.17, 15) is 0 Å². The highest BCUT2D eigenvalue weighted by molar-refractivity contribution is 5.74. The van der Waals surface area contributed by atoms with Crippen LogP contribution in [0, 0.1) is 5.92 Å². The SMILES string of the molecule is C=CN/N=C\N=C/[C@@H](C)C1CC=NN1CC. The first-order valence-electron chi connectivity index (χ1n) is 5.50. The molecule has 0 aliphatic carbocycles. The van der Waals surface area contributed by atoms with Crippen molar-refractivity contribution in [2.75, 3.05) is 6.54 Å². The second kappa shape index (κ2) is 6.76. The van der Waals surface area contributed by atoms with Gasteiger partial charge in [-0.1, -0.05) is 13.5 Å². The van der Waals surface area contributed by atoms with Crippen LogP contribution in [0.3, 0.4) is 0 Å². The van der Waals surface area contributed by atoms with Crippen LogP contribution in [0.2, 0.25) is 0 Å². The molecular weight excluding hydrogens is 202 g/mol. The van der Waals surface area contributed by atoms with Gasteiger partial charge in [-0.05, 0) is 6.92 Å². The van der Waals surface area contributed by atoms with E-state index >= 15 is 0 Å². The number of nitrogens with zero attached hydrogens (tertiary/aromatic N) is 4. The topological polar surface area (TPSA) is 52.4 Å². The van der Waals surface area contributed by atoms with E-state index in [1.54, 1.807) is 0 Å². The Labute approximate surface area is 96.6 Å². The summed E-state index contributed by atoms with van der Waals surface area (Å²) in [6, 6.07) is 0.425. The van der Waals surface area contributed by atoms with Crippen molar-refractivity contribution in [1.82, 2.24) is 10.4 Å². The summed E-state index contributed by atoms with van der Waals surface area (Å²) in [5, 5.41) is 10.2. The Balaban J connectivity index is 2.39. The van der Waals surface area contributed by atoms with Crippen molar-refractivity contribution in [1.29, 1.82) is 0 Å². The lowest BCUT2D eigenvalue weighted by molar-refractivity contribution is 0.216. The lowest BCUT2D eigenvalue weighted by Crippen LogP contribution is -2.33. The van der Waals surface area contributed by atoms with Gasteiger partial charge in [0.15, 0.2) is 0 Å². The van der Waals surface area contributed by atoms with Gasteiger partial charge in [-0.25, -0.2) is 4.99 Å². The van der Waals surface area contributed by atoms with Crippen LogP contribution in [-0.2, 0) is 0 Å². The molecule has 16 heavy (non-hydrogen) atoms. The van der Waals surface area contributed by atoms with Crippen molar-refractivity contribution in [3.63, 3.8) is 0 Å². The summed E-state index contributed by atoms with van der Waals surface area (Å²) in [6.45, 7) is 8.66. The molecule has 1 aliphatic heterocycles. The van der Waals surface area contributed by atoms with E-state index in [-0.39, 0.29) is 0 Å². The summed E-state index contributed by atoms with van der Waals surface area (Å²) < 4.78 is 0. The first-order chi connectivity index (χ1) is 7.79. The molecule has 1 aliphatic rings. The molecule has 1 rings (SSSR count). The fraction of sp³-hybridized carbons (Fsp3) is 0.545. The first-order valence-corrected chi connectivity index (χ1v) is 5.50. The van der Waals surface area contributed by atoms with Crippen molar-refractivity contribution < 1.29 is 0 Å². The molecule has 0 radical (unpaired) electrons. The molecule has 0 aromatic carbocycles. The van der Waals surface area contributed by atoms with Gasteiger partial charge in [0.25, 0.3) is 0 Å². The van der Waals surface area contributed by atoms with E-state index < -0.39 is 0 Å². The zero-order chi connectivity index (χ0) is 11.8. The summed E-state index contributed by atoms with van der Waals surface area (Å²) in [7, 11) is 0. The average molecular weight is 221 g/mol. The molecular formula is C11H19N5. The Morgan fingerprint density at radius 3 is 3.25 bits per heavy atom. The standard InChI is InChI=1S/C11H19N5/c1-4-13-14-9-12-8-10(3)11-6-7-15-16(11)5-2/h4,7-11,13H,1,5-6H2,2-3H3/b12-8-,14-9-/t10-,11?/m1/s1. The van der Waals surface area contributed by atoms with Gasteiger partial charge >= 0.3 is 0 Å². The van der Waals surface area contributed by atoms with Crippen molar-refractivity contribution >= 4 is 18.8 Å². The summed E-state index contributed by atoms with van der Waals surface area (Å²) in [5.41, 5.74) is 2.60. The van der Waals surface area contributed by atoms with Crippen LogP contribution in [0.15, 0.2) is 28.0 Å².